The standard InChI is InChI=1S/C15H10BrN3O2/c16-11-5-6-12(10-4-2-1-3-9(10)11)18-14-8-17-7-13(19-14)15(20)21/h1-8H,(H,18,19)(H,20,21). The first-order valence-electron chi connectivity index (χ1n) is 6.15. The van der Waals surface area contributed by atoms with Crippen LogP contribution in [-0.2, 0) is 0 Å². The van der Waals surface area contributed by atoms with Gasteiger partial charge in [-0.3, -0.25) is 4.98 Å². The number of nitrogens with one attached hydrogen (secondary N) is 1. The summed E-state index contributed by atoms with van der Waals surface area (Å²) in [6.45, 7) is 0. The van der Waals surface area contributed by atoms with Crippen molar-refractivity contribution < 1.29 is 9.90 Å². The molecule has 0 aliphatic heterocycles. The Hall–Kier alpha value is -2.47. The second kappa shape index (κ2) is 5.49. The van der Waals surface area contributed by atoms with E-state index >= 15 is 0 Å². The van der Waals surface area contributed by atoms with Gasteiger partial charge < -0.3 is 10.4 Å². The molecule has 0 bridgehead atoms. The van der Waals surface area contributed by atoms with Gasteiger partial charge >= 0.3 is 5.97 Å². The van der Waals surface area contributed by atoms with Crippen LogP contribution in [0.3, 0.4) is 0 Å². The van der Waals surface area contributed by atoms with Crippen molar-refractivity contribution in [3.05, 3.63) is 59.0 Å². The molecule has 2 N–H and O–H groups in total. The Kier molecular flexibility index (Phi) is 3.53. The van der Waals surface area contributed by atoms with Crippen LogP contribution in [0.15, 0.2) is 53.3 Å². The number of carboxylic acids is 1. The zero-order valence-electron chi connectivity index (χ0n) is 10.7. The van der Waals surface area contributed by atoms with E-state index in [4.69, 9.17) is 5.11 Å². The average Bonchev–Trinajstić information content (AvgIpc) is 2.51. The highest BCUT2D eigenvalue weighted by Crippen LogP contribution is 2.31. The zero-order chi connectivity index (χ0) is 14.8. The van der Waals surface area contributed by atoms with Crippen LogP contribution in [-0.4, -0.2) is 21.0 Å². The van der Waals surface area contributed by atoms with Crippen LogP contribution >= 0.6 is 15.9 Å². The largest absolute Gasteiger partial charge is 0.476 e. The van der Waals surface area contributed by atoms with Crippen LogP contribution in [0.25, 0.3) is 10.8 Å². The number of hydrogen-bond acceptors (Lipinski definition) is 4. The molecule has 0 radical (unpaired) electrons. The minimum Gasteiger partial charge on any atom is -0.476 e. The molecule has 0 aliphatic carbocycles. The summed E-state index contributed by atoms with van der Waals surface area (Å²) in [4.78, 5) is 18.8. The third-order valence-corrected chi connectivity index (χ3v) is 3.68. The van der Waals surface area contributed by atoms with E-state index < -0.39 is 5.97 Å². The molecule has 1 heterocycles. The van der Waals surface area contributed by atoms with Gasteiger partial charge in [0.25, 0.3) is 0 Å². The van der Waals surface area contributed by atoms with Gasteiger partial charge in [0.1, 0.15) is 5.82 Å². The SMILES string of the molecule is O=C(O)c1cncc(Nc2ccc(Br)c3ccccc23)n1. The molecule has 0 atom stereocenters. The second-order valence-electron chi connectivity index (χ2n) is 4.36. The fraction of sp³-hybridized carbons (Fsp3) is 0. The summed E-state index contributed by atoms with van der Waals surface area (Å²) in [5.41, 5.74) is 0.743. The summed E-state index contributed by atoms with van der Waals surface area (Å²) < 4.78 is 0.994. The Morgan fingerprint density at radius 2 is 1.86 bits per heavy atom. The van der Waals surface area contributed by atoms with Crippen molar-refractivity contribution >= 4 is 44.2 Å². The van der Waals surface area contributed by atoms with Gasteiger partial charge in [0.15, 0.2) is 5.69 Å². The number of carboxylic acid groups (broad SMARTS) is 1. The predicted octanol–water partition coefficient (Wildman–Crippen LogP) is 3.83. The summed E-state index contributed by atoms with van der Waals surface area (Å²) >= 11 is 3.51. The summed E-state index contributed by atoms with van der Waals surface area (Å²) in [6.07, 6.45) is 2.70. The Bertz CT molecular complexity index is 836. The van der Waals surface area contributed by atoms with Crippen LogP contribution in [0.2, 0.25) is 0 Å². The minimum atomic E-state index is -1.10. The highest BCUT2D eigenvalue weighted by molar-refractivity contribution is 9.10. The van der Waals surface area contributed by atoms with Crippen molar-refractivity contribution in [2.24, 2.45) is 0 Å². The summed E-state index contributed by atoms with van der Waals surface area (Å²) in [6, 6.07) is 11.7. The Labute approximate surface area is 128 Å². The van der Waals surface area contributed by atoms with Crippen molar-refractivity contribution in [1.82, 2.24) is 9.97 Å². The molecule has 3 aromatic rings. The molecule has 0 saturated carbocycles. The first kappa shape index (κ1) is 13.5. The molecule has 104 valence electrons. The molecule has 2 aromatic carbocycles. The van der Waals surface area contributed by atoms with E-state index in [1.165, 1.54) is 12.4 Å². The Balaban J connectivity index is 2.04. The highest BCUT2D eigenvalue weighted by atomic mass is 79.9. The molecule has 3 rings (SSSR count). The third-order valence-electron chi connectivity index (χ3n) is 2.99. The summed E-state index contributed by atoms with van der Waals surface area (Å²) in [5.74, 6) is -0.714. The number of anilines is 2. The predicted molar refractivity (Wildman–Crippen MR) is 83.9 cm³/mol. The maximum absolute atomic E-state index is 10.9. The molecule has 0 fully saturated rings. The molecular weight excluding hydrogens is 334 g/mol. The van der Waals surface area contributed by atoms with Crippen LogP contribution in [0.4, 0.5) is 11.5 Å². The summed E-state index contributed by atoms with van der Waals surface area (Å²) in [5, 5.41) is 14.1. The van der Waals surface area contributed by atoms with E-state index in [1.807, 2.05) is 36.4 Å². The van der Waals surface area contributed by atoms with Gasteiger partial charge in [-0.15, -0.1) is 0 Å². The number of nitrogens with zero attached hydrogens (tertiary/aromatic N) is 2. The van der Waals surface area contributed by atoms with Gasteiger partial charge in [-0.05, 0) is 17.5 Å². The lowest BCUT2D eigenvalue weighted by Crippen LogP contribution is -2.04. The lowest BCUT2D eigenvalue weighted by atomic mass is 10.1. The highest BCUT2D eigenvalue weighted by Gasteiger charge is 2.08. The van der Waals surface area contributed by atoms with Gasteiger partial charge in [0, 0.05) is 15.5 Å². The molecule has 1 aromatic heterocycles. The zero-order valence-corrected chi connectivity index (χ0v) is 12.3. The number of benzene rings is 2. The van der Waals surface area contributed by atoms with Crippen molar-refractivity contribution in [1.29, 1.82) is 0 Å². The monoisotopic (exact) mass is 343 g/mol. The first-order chi connectivity index (χ1) is 10.1. The fourth-order valence-electron chi connectivity index (χ4n) is 2.04. The van der Waals surface area contributed by atoms with Crippen molar-refractivity contribution in [3.63, 3.8) is 0 Å². The summed E-state index contributed by atoms with van der Waals surface area (Å²) in [7, 11) is 0. The molecule has 0 unspecified atom stereocenters. The molecule has 0 saturated heterocycles. The van der Waals surface area contributed by atoms with Crippen LogP contribution in [0.5, 0.6) is 0 Å². The van der Waals surface area contributed by atoms with Gasteiger partial charge in [-0.1, -0.05) is 40.2 Å². The third kappa shape index (κ3) is 2.71. The molecule has 21 heavy (non-hydrogen) atoms. The number of rotatable bonds is 3. The van der Waals surface area contributed by atoms with E-state index in [-0.39, 0.29) is 5.69 Å². The van der Waals surface area contributed by atoms with Gasteiger partial charge in [0.05, 0.1) is 12.4 Å². The van der Waals surface area contributed by atoms with Crippen LogP contribution < -0.4 is 5.32 Å². The number of aromatic nitrogens is 2. The molecule has 0 aliphatic rings. The van der Waals surface area contributed by atoms with Gasteiger partial charge in [-0.2, -0.15) is 0 Å². The quantitative estimate of drug-likeness (QED) is 0.755. The molecule has 0 amide bonds. The molecule has 5 nitrogen and oxygen atoms in total. The fourth-order valence-corrected chi connectivity index (χ4v) is 2.52. The number of halogens is 1. The second-order valence-corrected chi connectivity index (χ2v) is 5.21. The minimum absolute atomic E-state index is 0.0959. The van der Waals surface area contributed by atoms with Gasteiger partial charge in [0.2, 0.25) is 0 Å². The number of fused-ring (bicyclic) bond motifs is 1. The van der Waals surface area contributed by atoms with Crippen molar-refractivity contribution in [2.75, 3.05) is 5.32 Å². The number of hydrogen-bond donors (Lipinski definition) is 2. The van der Waals surface area contributed by atoms with Crippen LogP contribution in [0.1, 0.15) is 10.5 Å². The van der Waals surface area contributed by atoms with Crippen molar-refractivity contribution in [3.8, 4) is 0 Å². The van der Waals surface area contributed by atoms with Gasteiger partial charge in [-0.25, -0.2) is 9.78 Å². The average molecular weight is 344 g/mol. The first-order valence-corrected chi connectivity index (χ1v) is 6.94. The number of carbonyl (C=O) groups is 1. The van der Waals surface area contributed by atoms with Crippen LogP contribution in [0, 0.1) is 0 Å². The molecule has 0 spiro atoms. The smallest absolute Gasteiger partial charge is 0.356 e. The lowest BCUT2D eigenvalue weighted by Gasteiger charge is -2.10. The maximum Gasteiger partial charge on any atom is 0.356 e. The van der Waals surface area contributed by atoms with E-state index in [0.717, 1.165) is 20.9 Å². The van der Waals surface area contributed by atoms with E-state index in [1.54, 1.807) is 0 Å². The Morgan fingerprint density at radius 1 is 1.10 bits per heavy atom. The van der Waals surface area contributed by atoms with Crippen molar-refractivity contribution in [2.45, 2.75) is 0 Å². The normalized spacial score (nSPS) is 10.5. The topological polar surface area (TPSA) is 75.1 Å². The van der Waals surface area contributed by atoms with E-state index in [2.05, 4.69) is 31.2 Å². The Morgan fingerprint density at radius 3 is 2.62 bits per heavy atom. The van der Waals surface area contributed by atoms with E-state index in [0.29, 0.717) is 5.82 Å². The lowest BCUT2D eigenvalue weighted by molar-refractivity contribution is 0.0690. The van der Waals surface area contributed by atoms with E-state index in [9.17, 15) is 4.79 Å². The molecule has 6 heteroatoms. The molecular formula is C15H10BrN3O2. The number of aromatic carboxylic acids is 1. The maximum atomic E-state index is 10.9.